The Kier molecular flexibility index (Phi) is 4.80. The fraction of sp³-hybridized carbons (Fsp3) is 0.211. The number of nitrogen functional groups attached to an aromatic ring is 1. The number of nitrogens with two attached hydrogens (primary N) is 1. The Balaban J connectivity index is 2.16. The topological polar surface area (TPSA) is 120 Å². The van der Waals surface area contributed by atoms with E-state index in [0.29, 0.717) is 22.0 Å². The van der Waals surface area contributed by atoms with Crippen molar-refractivity contribution in [2.75, 3.05) is 5.73 Å². The molecule has 0 saturated carbocycles. The molecule has 0 atom stereocenters. The van der Waals surface area contributed by atoms with Crippen LogP contribution in [-0.4, -0.2) is 19.9 Å². The van der Waals surface area contributed by atoms with Crippen LogP contribution in [0.1, 0.15) is 37.7 Å². The summed E-state index contributed by atoms with van der Waals surface area (Å²) >= 11 is 5.96. The van der Waals surface area contributed by atoms with Crippen molar-refractivity contribution < 1.29 is 0 Å². The number of aromatic nitrogens is 4. The minimum Gasteiger partial charge on any atom is -0.398 e. The zero-order chi connectivity index (χ0) is 19.8. The van der Waals surface area contributed by atoms with Gasteiger partial charge in [-0.05, 0) is 30.4 Å². The van der Waals surface area contributed by atoms with Gasteiger partial charge in [0.05, 0.1) is 12.0 Å². The number of imidazole rings is 1. The third kappa shape index (κ3) is 4.03. The fourth-order valence-corrected chi connectivity index (χ4v) is 2.85. The molecule has 5 N–H and O–H groups in total. The van der Waals surface area contributed by atoms with Crippen molar-refractivity contribution in [1.82, 2.24) is 19.9 Å². The van der Waals surface area contributed by atoms with E-state index in [1.807, 2.05) is 20.8 Å². The molecule has 7 nitrogen and oxygen atoms in total. The van der Waals surface area contributed by atoms with E-state index in [4.69, 9.17) is 17.3 Å². The van der Waals surface area contributed by atoms with Crippen LogP contribution in [0.2, 0.25) is 5.02 Å². The zero-order valence-corrected chi connectivity index (χ0v) is 15.9. The number of halogens is 1. The van der Waals surface area contributed by atoms with Crippen molar-refractivity contribution in [1.29, 1.82) is 0 Å². The molecule has 1 aromatic carbocycles. The van der Waals surface area contributed by atoms with Gasteiger partial charge in [0.25, 0.3) is 11.1 Å². The second-order valence-corrected chi connectivity index (χ2v) is 7.65. The number of nitrogens with zero attached hydrogens (tertiary/aromatic N) is 1. The van der Waals surface area contributed by atoms with Crippen molar-refractivity contribution in [2.24, 2.45) is 0 Å². The SMILES string of the molecule is CC(C)(C)c1[nH]cnc1/C=c1\[nH]c(=O)/c(=C/c2cc(Cl)ccc2N)[nH]c1=O. The smallest absolute Gasteiger partial charge is 0.272 e. The van der Waals surface area contributed by atoms with Crippen LogP contribution in [-0.2, 0) is 5.41 Å². The highest BCUT2D eigenvalue weighted by molar-refractivity contribution is 6.30. The second-order valence-electron chi connectivity index (χ2n) is 7.21. The Morgan fingerprint density at radius 3 is 2.33 bits per heavy atom. The molecule has 0 bridgehead atoms. The summed E-state index contributed by atoms with van der Waals surface area (Å²) in [5.41, 5.74) is 7.27. The number of nitrogens with one attached hydrogen (secondary N) is 3. The maximum Gasteiger partial charge on any atom is 0.272 e. The standard InChI is InChI=1S/C19H20ClN5O2/c1-19(2,3)16-13(22-9-23-16)8-15-18(27)24-14(17(26)25-15)7-10-6-11(20)4-5-12(10)21/h4-9H,21H2,1-3H3,(H,22,23)(H,24,27)(H,25,26)/b14-7-,15-8-. The Morgan fingerprint density at radius 2 is 1.70 bits per heavy atom. The molecular weight excluding hydrogens is 366 g/mol. The van der Waals surface area contributed by atoms with E-state index in [9.17, 15) is 9.59 Å². The van der Waals surface area contributed by atoms with Crippen molar-refractivity contribution in [3.05, 3.63) is 77.9 Å². The third-order valence-electron chi connectivity index (χ3n) is 4.03. The summed E-state index contributed by atoms with van der Waals surface area (Å²) in [7, 11) is 0. The average Bonchev–Trinajstić information content (AvgIpc) is 3.04. The number of anilines is 1. The molecule has 3 aromatic rings. The van der Waals surface area contributed by atoms with Crippen LogP contribution in [0, 0.1) is 0 Å². The van der Waals surface area contributed by atoms with Gasteiger partial charge < -0.3 is 20.7 Å². The summed E-state index contributed by atoms with van der Waals surface area (Å²) < 4.78 is 0. The number of hydrogen-bond acceptors (Lipinski definition) is 4. The molecule has 0 aliphatic heterocycles. The Labute approximate surface area is 159 Å². The Bertz CT molecular complexity index is 1230. The van der Waals surface area contributed by atoms with E-state index < -0.39 is 11.1 Å². The van der Waals surface area contributed by atoms with Gasteiger partial charge in [0.15, 0.2) is 0 Å². The molecular formula is C19H20ClN5O2. The van der Waals surface area contributed by atoms with Crippen LogP contribution < -0.4 is 27.6 Å². The quantitative estimate of drug-likeness (QED) is 0.491. The van der Waals surface area contributed by atoms with Crippen molar-refractivity contribution in [3.63, 3.8) is 0 Å². The van der Waals surface area contributed by atoms with E-state index in [1.165, 1.54) is 6.08 Å². The van der Waals surface area contributed by atoms with Crippen molar-refractivity contribution in [2.45, 2.75) is 26.2 Å². The lowest BCUT2D eigenvalue weighted by Gasteiger charge is -2.16. The minimum atomic E-state index is -0.451. The highest BCUT2D eigenvalue weighted by Gasteiger charge is 2.19. The molecule has 140 valence electrons. The van der Waals surface area contributed by atoms with Crippen LogP contribution in [0.3, 0.4) is 0 Å². The summed E-state index contributed by atoms with van der Waals surface area (Å²) in [6, 6.07) is 4.90. The van der Waals surface area contributed by atoms with Crippen LogP contribution in [0.4, 0.5) is 5.69 Å². The first-order valence-corrected chi connectivity index (χ1v) is 8.68. The van der Waals surface area contributed by atoms with E-state index in [0.717, 1.165) is 5.69 Å². The van der Waals surface area contributed by atoms with Crippen LogP contribution in [0.25, 0.3) is 12.2 Å². The first-order chi connectivity index (χ1) is 12.6. The van der Waals surface area contributed by atoms with Crippen LogP contribution >= 0.6 is 11.6 Å². The summed E-state index contributed by atoms with van der Waals surface area (Å²) in [6.07, 6.45) is 4.60. The molecule has 0 fully saturated rings. The van der Waals surface area contributed by atoms with E-state index in [-0.39, 0.29) is 16.1 Å². The number of rotatable bonds is 2. The van der Waals surface area contributed by atoms with Crippen molar-refractivity contribution in [3.8, 4) is 0 Å². The number of hydrogen-bond donors (Lipinski definition) is 4. The monoisotopic (exact) mass is 385 g/mol. The van der Waals surface area contributed by atoms with Gasteiger partial charge in [0.2, 0.25) is 0 Å². The lowest BCUT2D eigenvalue weighted by molar-refractivity contribution is 0.571. The van der Waals surface area contributed by atoms with Gasteiger partial charge in [0.1, 0.15) is 10.7 Å². The van der Waals surface area contributed by atoms with Gasteiger partial charge in [-0.2, -0.15) is 0 Å². The van der Waals surface area contributed by atoms with Crippen LogP contribution in [0.5, 0.6) is 0 Å². The highest BCUT2D eigenvalue weighted by Crippen LogP contribution is 2.22. The molecule has 0 aliphatic rings. The Hall–Kier alpha value is -3.06. The van der Waals surface area contributed by atoms with Gasteiger partial charge in [-0.1, -0.05) is 32.4 Å². The molecule has 27 heavy (non-hydrogen) atoms. The summed E-state index contributed by atoms with van der Waals surface area (Å²) in [5.74, 6) is 0. The van der Waals surface area contributed by atoms with Gasteiger partial charge in [-0.25, -0.2) is 4.98 Å². The van der Waals surface area contributed by atoms with Gasteiger partial charge in [-0.3, -0.25) is 9.59 Å². The molecule has 0 spiro atoms. The van der Waals surface area contributed by atoms with E-state index in [2.05, 4.69) is 19.9 Å². The number of aromatic amines is 3. The maximum atomic E-state index is 12.4. The lowest BCUT2D eigenvalue weighted by Crippen LogP contribution is -2.46. The second kappa shape index (κ2) is 6.92. The summed E-state index contributed by atoms with van der Waals surface area (Å²) in [6.45, 7) is 6.08. The summed E-state index contributed by atoms with van der Waals surface area (Å²) in [5, 5.41) is 0.686. The summed E-state index contributed by atoms with van der Waals surface area (Å²) in [4.78, 5) is 37.4. The maximum absolute atomic E-state index is 12.4. The van der Waals surface area contributed by atoms with E-state index in [1.54, 1.807) is 30.6 Å². The molecule has 0 aliphatic carbocycles. The molecule has 8 heteroatoms. The molecule has 0 saturated heterocycles. The highest BCUT2D eigenvalue weighted by atomic mass is 35.5. The number of H-pyrrole nitrogens is 3. The lowest BCUT2D eigenvalue weighted by atomic mass is 9.90. The third-order valence-corrected chi connectivity index (χ3v) is 4.27. The zero-order valence-electron chi connectivity index (χ0n) is 15.2. The largest absolute Gasteiger partial charge is 0.398 e. The average molecular weight is 386 g/mol. The first kappa shape index (κ1) is 18.7. The van der Waals surface area contributed by atoms with Crippen LogP contribution in [0.15, 0.2) is 34.1 Å². The predicted molar refractivity (Wildman–Crippen MR) is 107 cm³/mol. The molecule has 2 heterocycles. The predicted octanol–water partition coefficient (Wildman–Crippen LogP) is 0.977. The molecule has 0 amide bonds. The van der Waals surface area contributed by atoms with Gasteiger partial charge in [-0.15, -0.1) is 0 Å². The van der Waals surface area contributed by atoms with Gasteiger partial charge in [0, 0.05) is 27.4 Å². The molecule has 0 unspecified atom stereocenters. The molecule has 0 radical (unpaired) electrons. The molecule has 3 rings (SSSR count). The normalized spacial score (nSPS) is 13.3. The van der Waals surface area contributed by atoms with Crippen molar-refractivity contribution >= 4 is 29.4 Å². The minimum absolute atomic E-state index is 0.0872. The van der Waals surface area contributed by atoms with Gasteiger partial charge >= 0.3 is 0 Å². The molecule has 2 aromatic heterocycles. The fourth-order valence-electron chi connectivity index (χ4n) is 2.67. The Morgan fingerprint density at radius 1 is 1.07 bits per heavy atom. The number of benzene rings is 1. The van der Waals surface area contributed by atoms with E-state index >= 15 is 0 Å². The first-order valence-electron chi connectivity index (χ1n) is 8.30.